The molecule has 0 aromatic heterocycles. The van der Waals surface area contributed by atoms with Gasteiger partial charge < -0.3 is 15.5 Å². The van der Waals surface area contributed by atoms with Gasteiger partial charge in [-0.3, -0.25) is 9.89 Å². The summed E-state index contributed by atoms with van der Waals surface area (Å²) >= 11 is 0. The zero-order valence-corrected chi connectivity index (χ0v) is 19.0. The number of nitrogens with zero attached hydrogens (tertiary/aromatic N) is 3. The van der Waals surface area contributed by atoms with Crippen LogP contribution in [0.5, 0.6) is 0 Å². The number of hydrogen-bond acceptors (Lipinski definition) is 3. The molecule has 1 heterocycles. The molecule has 3 rings (SSSR count). The minimum atomic E-state index is 0. The molecule has 0 amide bonds. The summed E-state index contributed by atoms with van der Waals surface area (Å²) in [6.45, 7) is 11.0. The minimum Gasteiger partial charge on any atom is -0.357 e. The lowest BCUT2D eigenvalue weighted by atomic mass is 10.2. The maximum Gasteiger partial charge on any atom is 0.191 e. The van der Waals surface area contributed by atoms with Crippen LogP contribution < -0.4 is 10.6 Å². The molecular weight excluding hydrogens is 449 g/mol. The second-order valence-electron chi connectivity index (χ2n) is 7.49. The molecule has 27 heavy (non-hydrogen) atoms. The highest BCUT2D eigenvalue weighted by Gasteiger charge is 2.22. The maximum atomic E-state index is 4.70. The first-order chi connectivity index (χ1) is 12.8. The van der Waals surface area contributed by atoms with E-state index in [0.717, 1.165) is 25.6 Å². The molecule has 1 aromatic rings. The van der Waals surface area contributed by atoms with E-state index in [4.69, 9.17) is 4.99 Å². The van der Waals surface area contributed by atoms with Crippen molar-refractivity contribution in [2.75, 3.05) is 45.8 Å². The summed E-state index contributed by atoms with van der Waals surface area (Å²) in [6.07, 6.45) is 5.00. The van der Waals surface area contributed by atoms with Crippen molar-refractivity contribution in [3.05, 3.63) is 35.9 Å². The van der Waals surface area contributed by atoms with Gasteiger partial charge in [0.2, 0.25) is 0 Å². The summed E-state index contributed by atoms with van der Waals surface area (Å²) in [5.74, 6) is 1.00. The van der Waals surface area contributed by atoms with E-state index in [0.29, 0.717) is 6.04 Å². The SMILES string of the molecule is CCNC(=NCCCCN1CCN(Cc2ccccc2)CC1)NC1CC1.I. The quantitative estimate of drug-likeness (QED) is 0.244. The van der Waals surface area contributed by atoms with E-state index in [2.05, 4.69) is 57.7 Å². The van der Waals surface area contributed by atoms with E-state index >= 15 is 0 Å². The fraction of sp³-hybridized carbons (Fsp3) is 0.667. The number of benzene rings is 1. The van der Waals surface area contributed by atoms with Crippen LogP contribution in [0.4, 0.5) is 0 Å². The molecule has 0 unspecified atom stereocenters. The average Bonchev–Trinajstić information content (AvgIpc) is 3.48. The predicted octanol–water partition coefficient (Wildman–Crippen LogP) is 2.92. The largest absolute Gasteiger partial charge is 0.357 e. The molecule has 2 fully saturated rings. The van der Waals surface area contributed by atoms with Crippen LogP contribution in [0.1, 0.15) is 38.2 Å². The zero-order valence-electron chi connectivity index (χ0n) is 16.7. The Morgan fingerprint density at radius 1 is 1.04 bits per heavy atom. The third-order valence-corrected chi connectivity index (χ3v) is 5.13. The van der Waals surface area contributed by atoms with Gasteiger partial charge in [0.15, 0.2) is 5.96 Å². The second-order valence-corrected chi connectivity index (χ2v) is 7.49. The molecule has 0 atom stereocenters. The molecule has 2 aliphatic rings. The Bertz CT molecular complexity index is 539. The Labute approximate surface area is 182 Å². The third-order valence-electron chi connectivity index (χ3n) is 5.13. The van der Waals surface area contributed by atoms with E-state index in [1.165, 1.54) is 64.0 Å². The number of unbranched alkanes of at least 4 members (excludes halogenated alkanes) is 1. The molecule has 1 aromatic carbocycles. The second kappa shape index (κ2) is 12.6. The molecule has 5 nitrogen and oxygen atoms in total. The van der Waals surface area contributed by atoms with E-state index < -0.39 is 0 Å². The molecule has 2 N–H and O–H groups in total. The van der Waals surface area contributed by atoms with Gasteiger partial charge >= 0.3 is 0 Å². The molecule has 1 aliphatic carbocycles. The van der Waals surface area contributed by atoms with Gasteiger partial charge in [0.25, 0.3) is 0 Å². The minimum absolute atomic E-state index is 0. The highest BCUT2D eigenvalue weighted by Crippen LogP contribution is 2.18. The van der Waals surface area contributed by atoms with E-state index in [-0.39, 0.29) is 24.0 Å². The van der Waals surface area contributed by atoms with Gasteiger partial charge in [0.05, 0.1) is 0 Å². The normalized spacial score (nSPS) is 18.8. The number of rotatable bonds is 9. The van der Waals surface area contributed by atoms with Gasteiger partial charge in [-0.1, -0.05) is 30.3 Å². The van der Waals surface area contributed by atoms with Crippen LogP contribution in [-0.4, -0.2) is 67.6 Å². The van der Waals surface area contributed by atoms with Crippen LogP contribution in [-0.2, 0) is 6.54 Å². The molecule has 0 bridgehead atoms. The van der Waals surface area contributed by atoms with Gasteiger partial charge in [-0.2, -0.15) is 0 Å². The van der Waals surface area contributed by atoms with Crippen molar-refractivity contribution in [3.63, 3.8) is 0 Å². The number of aliphatic imine (C=N–C) groups is 1. The van der Waals surface area contributed by atoms with Gasteiger partial charge in [-0.25, -0.2) is 0 Å². The fourth-order valence-electron chi connectivity index (χ4n) is 3.39. The van der Waals surface area contributed by atoms with Gasteiger partial charge in [0.1, 0.15) is 0 Å². The Morgan fingerprint density at radius 2 is 1.74 bits per heavy atom. The summed E-state index contributed by atoms with van der Waals surface area (Å²) in [4.78, 5) is 9.88. The van der Waals surface area contributed by atoms with Crippen LogP contribution in [0.25, 0.3) is 0 Å². The van der Waals surface area contributed by atoms with E-state index in [1.807, 2.05) is 0 Å². The van der Waals surface area contributed by atoms with Crippen molar-refractivity contribution in [1.29, 1.82) is 0 Å². The first-order valence-corrected chi connectivity index (χ1v) is 10.4. The fourth-order valence-corrected chi connectivity index (χ4v) is 3.39. The molecule has 1 saturated heterocycles. The average molecular weight is 485 g/mol. The lowest BCUT2D eigenvalue weighted by Crippen LogP contribution is -2.46. The topological polar surface area (TPSA) is 42.9 Å². The van der Waals surface area contributed by atoms with Gasteiger partial charge in [-0.15, -0.1) is 24.0 Å². The van der Waals surface area contributed by atoms with Crippen LogP contribution in [0.3, 0.4) is 0 Å². The number of guanidine groups is 1. The summed E-state index contributed by atoms with van der Waals surface area (Å²) in [7, 11) is 0. The van der Waals surface area contributed by atoms with Crippen LogP contribution in [0.2, 0.25) is 0 Å². The van der Waals surface area contributed by atoms with Crippen LogP contribution >= 0.6 is 24.0 Å². The van der Waals surface area contributed by atoms with Crippen molar-refractivity contribution >= 4 is 29.9 Å². The van der Waals surface area contributed by atoms with Gasteiger partial charge in [-0.05, 0) is 44.7 Å². The zero-order chi connectivity index (χ0) is 18.0. The Kier molecular flexibility index (Phi) is 10.4. The first kappa shape index (κ1) is 22.4. The number of piperazine rings is 1. The number of hydrogen-bond donors (Lipinski definition) is 2. The maximum absolute atomic E-state index is 4.70. The monoisotopic (exact) mass is 485 g/mol. The smallest absolute Gasteiger partial charge is 0.191 e. The number of nitrogens with one attached hydrogen (secondary N) is 2. The lowest BCUT2D eigenvalue weighted by molar-refractivity contribution is 0.126. The highest BCUT2D eigenvalue weighted by atomic mass is 127. The van der Waals surface area contributed by atoms with E-state index in [1.54, 1.807) is 0 Å². The Balaban J connectivity index is 0.00000261. The molecule has 1 saturated carbocycles. The standard InChI is InChI=1S/C21H35N5.HI/c1-2-22-21(24-20-10-11-20)23-12-6-7-13-25-14-16-26(17-15-25)18-19-8-4-3-5-9-19;/h3-5,8-9,20H,2,6-7,10-18H2,1H3,(H2,22,23,24);1H. The summed E-state index contributed by atoms with van der Waals surface area (Å²) in [5.41, 5.74) is 1.43. The molecule has 152 valence electrons. The molecule has 1 aliphatic heterocycles. The third kappa shape index (κ3) is 8.79. The molecular formula is C21H36IN5. The van der Waals surface area contributed by atoms with Crippen molar-refractivity contribution in [2.45, 2.75) is 45.2 Å². The van der Waals surface area contributed by atoms with Crippen LogP contribution in [0.15, 0.2) is 35.3 Å². The predicted molar refractivity (Wildman–Crippen MR) is 125 cm³/mol. The molecule has 0 radical (unpaired) electrons. The Morgan fingerprint density at radius 3 is 2.41 bits per heavy atom. The molecule has 6 heteroatoms. The van der Waals surface area contributed by atoms with Crippen LogP contribution in [0, 0.1) is 0 Å². The van der Waals surface area contributed by atoms with Crippen molar-refractivity contribution in [2.24, 2.45) is 4.99 Å². The summed E-state index contributed by atoms with van der Waals surface area (Å²) < 4.78 is 0. The lowest BCUT2D eigenvalue weighted by Gasteiger charge is -2.34. The van der Waals surface area contributed by atoms with E-state index in [9.17, 15) is 0 Å². The summed E-state index contributed by atoms with van der Waals surface area (Å²) in [6, 6.07) is 11.5. The first-order valence-electron chi connectivity index (χ1n) is 10.4. The Hall–Kier alpha value is -0.860. The number of halogens is 1. The van der Waals surface area contributed by atoms with Crippen molar-refractivity contribution < 1.29 is 0 Å². The summed E-state index contributed by atoms with van der Waals surface area (Å²) in [5, 5.41) is 6.82. The van der Waals surface area contributed by atoms with Crippen molar-refractivity contribution in [3.8, 4) is 0 Å². The van der Waals surface area contributed by atoms with Crippen molar-refractivity contribution in [1.82, 2.24) is 20.4 Å². The highest BCUT2D eigenvalue weighted by molar-refractivity contribution is 14.0. The van der Waals surface area contributed by atoms with Gasteiger partial charge in [0, 0.05) is 51.9 Å². The molecule has 0 spiro atoms.